The van der Waals surface area contributed by atoms with E-state index in [2.05, 4.69) is 5.32 Å². The van der Waals surface area contributed by atoms with Gasteiger partial charge in [-0.25, -0.2) is 0 Å². The molecule has 29 heavy (non-hydrogen) atoms. The fourth-order valence-electron chi connectivity index (χ4n) is 4.27. The molecule has 0 bridgehead atoms. The number of nitrogens with one attached hydrogen (secondary N) is 1. The summed E-state index contributed by atoms with van der Waals surface area (Å²) in [7, 11) is 6.48. The van der Waals surface area contributed by atoms with Gasteiger partial charge in [-0.3, -0.25) is 4.79 Å². The Bertz CT molecular complexity index is 995. The molecular weight excluding hydrogens is 370 g/mol. The summed E-state index contributed by atoms with van der Waals surface area (Å²) in [6.07, 6.45) is 2.24. The second kappa shape index (κ2) is 7.70. The number of Topliss-reactive ketones (excluding diaryl/α,β-unsaturated/α-hetero) is 1. The van der Waals surface area contributed by atoms with Crippen LogP contribution in [0.2, 0.25) is 0 Å². The predicted octanol–water partition coefficient (Wildman–Crippen LogP) is 4.29. The largest absolute Gasteiger partial charge is 0.497 e. The highest BCUT2D eigenvalue weighted by Crippen LogP contribution is 2.50. The van der Waals surface area contributed by atoms with Crippen molar-refractivity contribution in [2.24, 2.45) is 0 Å². The average Bonchev–Trinajstić information content (AvgIpc) is 2.76. The number of anilines is 1. The zero-order valence-electron chi connectivity index (χ0n) is 17.1. The maximum absolute atomic E-state index is 13.0. The van der Waals surface area contributed by atoms with Crippen LogP contribution in [-0.2, 0) is 4.79 Å². The van der Waals surface area contributed by atoms with E-state index >= 15 is 0 Å². The van der Waals surface area contributed by atoms with E-state index in [-0.39, 0.29) is 11.7 Å². The molecule has 0 spiro atoms. The first-order chi connectivity index (χ1) is 14.1. The Morgan fingerprint density at radius 2 is 1.55 bits per heavy atom. The van der Waals surface area contributed by atoms with Crippen molar-refractivity contribution >= 4 is 11.5 Å². The highest BCUT2D eigenvalue weighted by molar-refractivity contribution is 6.01. The lowest BCUT2D eigenvalue weighted by atomic mass is 9.75. The molecule has 0 radical (unpaired) electrons. The van der Waals surface area contributed by atoms with Gasteiger partial charge in [0.2, 0.25) is 0 Å². The van der Waals surface area contributed by atoms with Crippen molar-refractivity contribution in [3.8, 4) is 23.0 Å². The predicted molar refractivity (Wildman–Crippen MR) is 110 cm³/mol. The van der Waals surface area contributed by atoms with Crippen LogP contribution in [0, 0.1) is 0 Å². The third-order valence-corrected chi connectivity index (χ3v) is 5.65. The van der Waals surface area contributed by atoms with E-state index in [9.17, 15) is 4.79 Å². The molecule has 1 N–H and O–H groups in total. The molecule has 0 aromatic heterocycles. The second-order valence-electron chi connectivity index (χ2n) is 7.13. The molecule has 1 aliphatic carbocycles. The van der Waals surface area contributed by atoms with Gasteiger partial charge in [0.15, 0.2) is 17.3 Å². The van der Waals surface area contributed by atoms with Crippen LogP contribution in [0.3, 0.4) is 0 Å². The Morgan fingerprint density at radius 1 is 0.828 bits per heavy atom. The number of allylic oxidation sites excluding steroid dienone is 2. The summed E-state index contributed by atoms with van der Waals surface area (Å²) in [4.78, 5) is 13.0. The van der Waals surface area contributed by atoms with Crippen LogP contribution in [0.5, 0.6) is 23.0 Å². The molecule has 0 amide bonds. The number of fused-ring (bicyclic) bond motifs is 1. The monoisotopic (exact) mass is 395 g/mol. The van der Waals surface area contributed by atoms with E-state index in [0.717, 1.165) is 40.9 Å². The van der Waals surface area contributed by atoms with Crippen LogP contribution in [0.4, 0.5) is 5.69 Å². The molecular formula is C23H25NO5. The molecule has 0 fully saturated rings. The van der Waals surface area contributed by atoms with E-state index < -0.39 is 0 Å². The van der Waals surface area contributed by atoms with Crippen molar-refractivity contribution in [2.75, 3.05) is 33.8 Å². The van der Waals surface area contributed by atoms with Crippen molar-refractivity contribution in [2.45, 2.75) is 25.2 Å². The molecule has 0 saturated heterocycles. The van der Waals surface area contributed by atoms with Crippen LogP contribution in [-0.4, -0.2) is 34.2 Å². The number of hydrogen-bond acceptors (Lipinski definition) is 6. The normalized spacial score (nSPS) is 17.8. The Balaban J connectivity index is 1.97. The molecule has 2 aliphatic rings. The summed E-state index contributed by atoms with van der Waals surface area (Å²) in [6.45, 7) is 0. The van der Waals surface area contributed by atoms with Gasteiger partial charge in [0, 0.05) is 47.0 Å². The number of carbonyl (C=O) groups excluding carboxylic acids is 1. The average molecular weight is 395 g/mol. The number of benzene rings is 2. The van der Waals surface area contributed by atoms with Gasteiger partial charge in [0.05, 0.1) is 28.4 Å². The Hall–Kier alpha value is -3.15. The van der Waals surface area contributed by atoms with Gasteiger partial charge in [-0.15, -0.1) is 0 Å². The lowest BCUT2D eigenvalue weighted by Gasteiger charge is -2.35. The first-order valence-electron chi connectivity index (χ1n) is 9.62. The molecule has 6 nitrogen and oxygen atoms in total. The summed E-state index contributed by atoms with van der Waals surface area (Å²) < 4.78 is 22.1. The van der Waals surface area contributed by atoms with E-state index in [1.165, 1.54) is 0 Å². The van der Waals surface area contributed by atoms with Crippen LogP contribution in [0.1, 0.15) is 36.3 Å². The highest BCUT2D eigenvalue weighted by atomic mass is 16.5. The summed E-state index contributed by atoms with van der Waals surface area (Å²) in [5.41, 5.74) is 4.58. The molecule has 152 valence electrons. The molecule has 2 aromatic rings. The van der Waals surface area contributed by atoms with E-state index in [4.69, 9.17) is 18.9 Å². The topological polar surface area (TPSA) is 66.0 Å². The lowest BCUT2D eigenvalue weighted by Crippen LogP contribution is -2.27. The van der Waals surface area contributed by atoms with Gasteiger partial charge in [-0.2, -0.15) is 0 Å². The minimum absolute atomic E-state index is 0.169. The Morgan fingerprint density at radius 3 is 2.24 bits per heavy atom. The fourth-order valence-corrected chi connectivity index (χ4v) is 4.27. The summed E-state index contributed by atoms with van der Waals surface area (Å²) in [6, 6.07) is 9.60. The van der Waals surface area contributed by atoms with Crippen molar-refractivity contribution < 1.29 is 23.7 Å². The lowest BCUT2D eigenvalue weighted by molar-refractivity contribution is -0.116. The summed E-state index contributed by atoms with van der Waals surface area (Å²) in [5, 5.41) is 3.47. The Kier molecular flexibility index (Phi) is 5.09. The minimum Gasteiger partial charge on any atom is -0.497 e. The molecule has 1 heterocycles. The first-order valence-corrected chi connectivity index (χ1v) is 9.62. The molecule has 4 rings (SSSR count). The number of ketones is 1. The number of methoxy groups -OCH3 is 4. The molecule has 2 aromatic carbocycles. The maximum Gasteiger partial charge on any atom is 0.162 e. The first kappa shape index (κ1) is 19.2. The van der Waals surface area contributed by atoms with Gasteiger partial charge >= 0.3 is 0 Å². The van der Waals surface area contributed by atoms with Gasteiger partial charge in [0.25, 0.3) is 0 Å². The SMILES string of the molecule is COc1ccc(C2C3=C(CCCC3=O)Nc3cc(OC)c(OC)cc32)c(OC)c1. The standard InChI is InChI=1S/C23H25NO5/c1-26-13-8-9-14(19(10-13)27-2)22-15-11-20(28-3)21(29-4)12-17(15)24-16-6-5-7-18(25)23(16)22/h8-12,22,24H,5-7H2,1-4H3. The molecule has 1 atom stereocenters. The molecule has 0 saturated carbocycles. The van der Waals surface area contributed by atoms with E-state index in [0.29, 0.717) is 29.4 Å². The van der Waals surface area contributed by atoms with Crippen molar-refractivity contribution in [3.63, 3.8) is 0 Å². The van der Waals surface area contributed by atoms with Crippen LogP contribution in [0.15, 0.2) is 41.6 Å². The van der Waals surface area contributed by atoms with Crippen LogP contribution >= 0.6 is 0 Å². The van der Waals surface area contributed by atoms with Crippen molar-refractivity contribution in [1.29, 1.82) is 0 Å². The number of carbonyl (C=O) groups is 1. The van der Waals surface area contributed by atoms with Gasteiger partial charge in [-0.1, -0.05) is 6.07 Å². The third kappa shape index (κ3) is 3.18. The van der Waals surface area contributed by atoms with Crippen LogP contribution in [0.25, 0.3) is 0 Å². The number of hydrogen-bond donors (Lipinski definition) is 1. The number of rotatable bonds is 5. The van der Waals surface area contributed by atoms with E-state index in [1.54, 1.807) is 28.4 Å². The summed E-state index contributed by atoms with van der Waals surface area (Å²) >= 11 is 0. The van der Waals surface area contributed by atoms with E-state index in [1.807, 2.05) is 30.3 Å². The Labute approximate surface area is 170 Å². The smallest absolute Gasteiger partial charge is 0.162 e. The quantitative estimate of drug-likeness (QED) is 0.815. The fraction of sp³-hybridized carbons (Fsp3) is 0.348. The third-order valence-electron chi connectivity index (χ3n) is 5.65. The maximum atomic E-state index is 13.0. The zero-order valence-corrected chi connectivity index (χ0v) is 17.1. The second-order valence-corrected chi connectivity index (χ2v) is 7.13. The van der Waals surface area contributed by atoms with Gasteiger partial charge in [0.1, 0.15) is 11.5 Å². The molecule has 1 unspecified atom stereocenters. The number of ether oxygens (including phenoxy) is 4. The highest BCUT2D eigenvalue weighted by Gasteiger charge is 2.37. The van der Waals surface area contributed by atoms with Crippen LogP contribution < -0.4 is 24.3 Å². The van der Waals surface area contributed by atoms with Gasteiger partial charge in [-0.05, 0) is 30.5 Å². The van der Waals surface area contributed by atoms with Crippen molar-refractivity contribution in [1.82, 2.24) is 0 Å². The molecule has 6 heteroatoms. The minimum atomic E-state index is -0.255. The molecule has 1 aliphatic heterocycles. The zero-order chi connectivity index (χ0) is 20.5. The summed E-state index contributed by atoms with van der Waals surface area (Å²) in [5.74, 6) is 2.57. The van der Waals surface area contributed by atoms with Crippen molar-refractivity contribution in [3.05, 3.63) is 52.7 Å². The van der Waals surface area contributed by atoms with Gasteiger partial charge < -0.3 is 24.3 Å².